The van der Waals surface area contributed by atoms with Gasteiger partial charge in [0, 0.05) is 25.5 Å². The number of nitrogens with zero attached hydrogens (tertiary/aromatic N) is 4. The lowest BCUT2D eigenvalue weighted by Crippen LogP contribution is -2.15. The van der Waals surface area contributed by atoms with Gasteiger partial charge in [0.15, 0.2) is 0 Å². The van der Waals surface area contributed by atoms with E-state index in [1.807, 2.05) is 18.5 Å². The lowest BCUT2D eigenvalue weighted by Gasteiger charge is -2.05. The van der Waals surface area contributed by atoms with Crippen LogP contribution in [0.1, 0.15) is 11.1 Å². The molecule has 0 saturated carbocycles. The molecule has 0 heterocycles. The van der Waals surface area contributed by atoms with Gasteiger partial charge in [0.05, 0.1) is 13.1 Å². The second-order valence-electron chi connectivity index (χ2n) is 5.35. The maximum atomic E-state index is 4.42. The minimum atomic E-state index is 0.828. The quantitative estimate of drug-likeness (QED) is 0.675. The first kappa shape index (κ1) is 16.5. The van der Waals surface area contributed by atoms with Crippen LogP contribution in [0.15, 0.2) is 34.3 Å². The normalized spacial score (nSPS) is 12.3. The van der Waals surface area contributed by atoms with E-state index >= 15 is 0 Å². The van der Waals surface area contributed by atoms with Gasteiger partial charge >= 0.3 is 0 Å². The van der Waals surface area contributed by atoms with Gasteiger partial charge in [0.25, 0.3) is 0 Å². The van der Waals surface area contributed by atoms with Crippen molar-refractivity contribution in [2.75, 3.05) is 54.4 Å². The molecule has 4 nitrogen and oxygen atoms in total. The second kappa shape index (κ2) is 9.39. The Morgan fingerprint density at radius 3 is 1.70 bits per heavy atom. The molecule has 0 unspecified atom stereocenters. The van der Waals surface area contributed by atoms with Gasteiger partial charge in [-0.25, -0.2) is 0 Å². The third-order valence-corrected chi connectivity index (χ3v) is 2.74. The fourth-order valence-corrected chi connectivity index (χ4v) is 1.57. The van der Waals surface area contributed by atoms with E-state index in [9.17, 15) is 0 Å². The number of rotatable bonds is 8. The SMILES string of the molecule is CN(C)CCN=Cc1cccc(C=NCCN(C)C)c1. The third-order valence-electron chi connectivity index (χ3n) is 2.74. The molecule has 4 heteroatoms. The zero-order valence-electron chi connectivity index (χ0n) is 13.1. The first-order valence-electron chi connectivity index (χ1n) is 6.97. The number of benzene rings is 1. The lowest BCUT2D eigenvalue weighted by atomic mass is 10.1. The zero-order chi connectivity index (χ0) is 14.8. The van der Waals surface area contributed by atoms with E-state index in [-0.39, 0.29) is 0 Å². The van der Waals surface area contributed by atoms with Crippen LogP contribution in [0, 0.1) is 0 Å². The number of aliphatic imine (C=N–C) groups is 2. The molecule has 1 rings (SSSR count). The average molecular weight is 274 g/mol. The van der Waals surface area contributed by atoms with Gasteiger partial charge in [-0.3, -0.25) is 9.98 Å². The van der Waals surface area contributed by atoms with Crippen molar-refractivity contribution in [3.05, 3.63) is 35.4 Å². The molecule has 0 aliphatic heterocycles. The van der Waals surface area contributed by atoms with E-state index in [0.29, 0.717) is 0 Å². The summed E-state index contributed by atoms with van der Waals surface area (Å²) < 4.78 is 0. The van der Waals surface area contributed by atoms with Crippen LogP contribution in [0.5, 0.6) is 0 Å². The van der Waals surface area contributed by atoms with E-state index in [1.165, 1.54) is 0 Å². The fourth-order valence-electron chi connectivity index (χ4n) is 1.57. The molecular formula is C16H26N4. The van der Waals surface area contributed by atoms with Crippen molar-refractivity contribution in [2.45, 2.75) is 0 Å². The first-order valence-corrected chi connectivity index (χ1v) is 6.97. The largest absolute Gasteiger partial charge is 0.308 e. The Hall–Kier alpha value is -1.52. The van der Waals surface area contributed by atoms with E-state index < -0.39 is 0 Å². The molecule has 0 aliphatic carbocycles. The summed E-state index contributed by atoms with van der Waals surface area (Å²) in [7, 11) is 8.22. The molecule has 0 amide bonds. The molecular weight excluding hydrogens is 248 g/mol. The molecule has 0 radical (unpaired) electrons. The molecule has 0 aliphatic rings. The van der Waals surface area contributed by atoms with Crippen molar-refractivity contribution >= 4 is 12.4 Å². The van der Waals surface area contributed by atoms with Crippen molar-refractivity contribution in [3.63, 3.8) is 0 Å². The molecule has 0 N–H and O–H groups in total. The van der Waals surface area contributed by atoms with Crippen LogP contribution in [0.25, 0.3) is 0 Å². The maximum absolute atomic E-state index is 4.42. The van der Waals surface area contributed by atoms with Crippen LogP contribution in [-0.2, 0) is 0 Å². The van der Waals surface area contributed by atoms with Crippen molar-refractivity contribution in [1.29, 1.82) is 0 Å². The van der Waals surface area contributed by atoms with Crippen LogP contribution in [-0.4, -0.2) is 76.6 Å². The van der Waals surface area contributed by atoms with E-state index in [0.717, 1.165) is 37.3 Å². The minimum Gasteiger partial charge on any atom is -0.308 e. The summed E-state index contributed by atoms with van der Waals surface area (Å²) in [4.78, 5) is 13.1. The van der Waals surface area contributed by atoms with Crippen molar-refractivity contribution < 1.29 is 0 Å². The highest BCUT2D eigenvalue weighted by atomic mass is 15.1. The standard InChI is InChI=1S/C16H26N4/c1-19(2)10-8-17-13-15-6-5-7-16(12-15)14-18-9-11-20(3)4/h5-7,12-14H,8-11H2,1-4H3. The summed E-state index contributed by atoms with van der Waals surface area (Å²) in [6.07, 6.45) is 3.86. The Bertz CT molecular complexity index is 399. The predicted octanol–water partition coefficient (Wildman–Crippen LogP) is 1.65. The Morgan fingerprint density at radius 2 is 1.30 bits per heavy atom. The van der Waals surface area contributed by atoms with Crippen LogP contribution in [0.3, 0.4) is 0 Å². The molecule has 1 aromatic rings. The summed E-state index contributed by atoms with van der Waals surface area (Å²) in [5.41, 5.74) is 2.25. The van der Waals surface area contributed by atoms with Gasteiger partial charge in [-0.15, -0.1) is 0 Å². The van der Waals surface area contributed by atoms with Crippen molar-refractivity contribution in [3.8, 4) is 0 Å². The summed E-state index contributed by atoms with van der Waals surface area (Å²) in [6, 6.07) is 8.28. The topological polar surface area (TPSA) is 31.2 Å². The van der Waals surface area contributed by atoms with Crippen LogP contribution < -0.4 is 0 Å². The molecule has 0 fully saturated rings. The summed E-state index contributed by atoms with van der Waals surface area (Å²) in [6.45, 7) is 3.60. The number of likely N-dealkylation sites (N-methyl/N-ethyl adjacent to an activating group) is 2. The van der Waals surface area contributed by atoms with Crippen molar-refractivity contribution in [2.24, 2.45) is 9.98 Å². The summed E-state index contributed by atoms with van der Waals surface area (Å²) in [5, 5.41) is 0. The van der Waals surface area contributed by atoms with Gasteiger partial charge in [-0.05, 0) is 45.4 Å². The summed E-state index contributed by atoms with van der Waals surface area (Å²) >= 11 is 0. The Morgan fingerprint density at radius 1 is 0.850 bits per heavy atom. The molecule has 0 spiro atoms. The van der Waals surface area contributed by atoms with Gasteiger partial charge in [-0.2, -0.15) is 0 Å². The lowest BCUT2D eigenvalue weighted by molar-refractivity contribution is 0.421. The predicted molar refractivity (Wildman–Crippen MR) is 88.5 cm³/mol. The fraction of sp³-hybridized carbons (Fsp3) is 0.500. The Kier molecular flexibility index (Phi) is 7.77. The van der Waals surface area contributed by atoms with E-state index in [2.05, 4.69) is 66.2 Å². The highest BCUT2D eigenvalue weighted by Gasteiger charge is 1.92. The molecule has 1 aromatic carbocycles. The second-order valence-corrected chi connectivity index (χ2v) is 5.35. The summed E-state index contributed by atoms with van der Waals surface area (Å²) in [5.74, 6) is 0. The molecule has 0 bridgehead atoms. The van der Waals surface area contributed by atoms with Crippen LogP contribution in [0.4, 0.5) is 0 Å². The minimum absolute atomic E-state index is 0.828. The smallest absolute Gasteiger partial charge is 0.0516 e. The van der Waals surface area contributed by atoms with Gasteiger partial charge in [0.2, 0.25) is 0 Å². The molecule has 0 saturated heterocycles. The first-order chi connectivity index (χ1) is 9.58. The third kappa shape index (κ3) is 7.81. The monoisotopic (exact) mass is 274 g/mol. The Balaban J connectivity index is 2.48. The van der Waals surface area contributed by atoms with Crippen LogP contribution in [0.2, 0.25) is 0 Å². The van der Waals surface area contributed by atoms with Gasteiger partial charge < -0.3 is 9.80 Å². The van der Waals surface area contributed by atoms with Crippen LogP contribution >= 0.6 is 0 Å². The number of hydrogen-bond donors (Lipinski definition) is 0. The zero-order valence-corrected chi connectivity index (χ0v) is 13.1. The van der Waals surface area contributed by atoms with E-state index in [1.54, 1.807) is 0 Å². The molecule has 0 aromatic heterocycles. The highest BCUT2D eigenvalue weighted by Crippen LogP contribution is 2.01. The van der Waals surface area contributed by atoms with Gasteiger partial charge in [-0.1, -0.05) is 18.2 Å². The Labute approximate surface area is 122 Å². The maximum Gasteiger partial charge on any atom is 0.0516 e. The molecule has 110 valence electrons. The number of hydrogen-bond acceptors (Lipinski definition) is 4. The van der Waals surface area contributed by atoms with Crippen molar-refractivity contribution in [1.82, 2.24) is 9.80 Å². The van der Waals surface area contributed by atoms with E-state index in [4.69, 9.17) is 0 Å². The average Bonchev–Trinajstić information content (AvgIpc) is 2.40. The van der Waals surface area contributed by atoms with Gasteiger partial charge in [0.1, 0.15) is 0 Å². The molecule has 0 atom stereocenters. The molecule has 20 heavy (non-hydrogen) atoms. The highest BCUT2D eigenvalue weighted by molar-refractivity contribution is 5.86.